The van der Waals surface area contributed by atoms with Crippen LogP contribution in [0.2, 0.25) is 0 Å². The van der Waals surface area contributed by atoms with Crippen LogP contribution in [0.25, 0.3) is 22.6 Å². The molecule has 0 saturated heterocycles. The average Bonchev–Trinajstić information content (AvgIpc) is 3.26. The number of methoxy groups -OCH3 is 1. The van der Waals surface area contributed by atoms with E-state index in [9.17, 15) is 9.59 Å². The van der Waals surface area contributed by atoms with Crippen molar-refractivity contribution in [3.63, 3.8) is 0 Å². The Morgan fingerprint density at radius 3 is 2.42 bits per heavy atom. The number of para-hydroxylation sites is 2. The Morgan fingerprint density at radius 1 is 0.903 bits per heavy atom. The van der Waals surface area contributed by atoms with Gasteiger partial charge in [-0.3, -0.25) is 4.79 Å². The molecule has 5 heteroatoms. The minimum atomic E-state index is -0.578. The van der Waals surface area contributed by atoms with Crippen LogP contribution in [0.1, 0.15) is 21.5 Å². The van der Waals surface area contributed by atoms with Crippen molar-refractivity contribution in [2.24, 2.45) is 0 Å². The highest BCUT2D eigenvalue weighted by Gasteiger charge is 2.18. The van der Waals surface area contributed by atoms with E-state index in [0.29, 0.717) is 22.4 Å². The van der Waals surface area contributed by atoms with Crippen molar-refractivity contribution in [1.29, 1.82) is 0 Å². The van der Waals surface area contributed by atoms with E-state index in [1.807, 2.05) is 78.9 Å². The number of hydrogen-bond acceptors (Lipinski definition) is 4. The van der Waals surface area contributed by atoms with Crippen LogP contribution in [0.15, 0.2) is 85.1 Å². The summed E-state index contributed by atoms with van der Waals surface area (Å²) in [5.41, 5.74) is 3.13. The van der Waals surface area contributed by atoms with Gasteiger partial charge in [0.25, 0.3) is 0 Å². The highest BCUT2D eigenvalue weighted by atomic mass is 16.5. The number of hydrogen-bond donors (Lipinski definition) is 1. The van der Waals surface area contributed by atoms with Gasteiger partial charge < -0.3 is 14.5 Å². The van der Waals surface area contributed by atoms with Crippen molar-refractivity contribution < 1.29 is 19.1 Å². The number of nitrogens with one attached hydrogen (secondary N) is 1. The lowest BCUT2D eigenvalue weighted by atomic mass is 10.0. The van der Waals surface area contributed by atoms with Gasteiger partial charge in [-0.1, -0.05) is 66.7 Å². The van der Waals surface area contributed by atoms with Crippen LogP contribution in [0.3, 0.4) is 0 Å². The standard InChI is InChI=1S/C26H21NO4/c1-30-25-14-8-5-11-19(25)15-21(18-9-3-2-4-10-18)26(29)31-17-24(28)22-16-27-23-13-7-6-12-20(22)23/h2-16,27H,17H2,1H3. The fourth-order valence-electron chi connectivity index (χ4n) is 3.41. The molecule has 31 heavy (non-hydrogen) atoms. The number of ketones is 1. The van der Waals surface area contributed by atoms with Gasteiger partial charge >= 0.3 is 5.97 Å². The molecular formula is C26H21NO4. The number of benzene rings is 3. The molecule has 0 atom stereocenters. The van der Waals surface area contributed by atoms with Crippen molar-refractivity contribution in [2.45, 2.75) is 0 Å². The van der Waals surface area contributed by atoms with Gasteiger partial charge in [0.15, 0.2) is 6.61 Å². The predicted molar refractivity (Wildman–Crippen MR) is 121 cm³/mol. The maximum atomic E-state index is 13.0. The number of carbonyl (C=O) groups is 2. The van der Waals surface area contributed by atoms with Crippen LogP contribution >= 0.6 is 0 Å². The topological polar surface area (TPSA) is 68.4 Å². The number of esters is 1. The normalized spacial score (nSPS) is 11.3. The highest BCUT2D eigenvalue weighted by molar-refractivity contribution is 6.22. The molecule has 0 aliphatic carbocycles. The molecule has 0 amide bonds. The smallest absolute Gasteiger partial charge is 0.339 e. The molecule has 0 fully saturated rings. The second-order valence-electron chi connectivity index (χ2n) is 6.91. The summed E-state index contributed by atoms with van der Waals surface area (Å²) in [6.45, 7) is -0.350. The molecule has 0 radical (unpaired) electrons. The van der Waals surface area contributed by atoms with Crippen molar-refractivity contribution in [1.82, 2.24) is 4.98 Å². The summed E-state index contributed by atoms with van der Waals surface area (Å²) in [6.07, 6.45) is 3.36. The van der Waals surface area contributed by atoms with Crippen LogP contribution in [-0.2, 0) is 9.53 Å². The number of fused-ring (bicyclic) bond motifs is 1. The molecule has 4 rings (SSSR count). The third-order valence-corrected chi connectivity index (χ3v) is 4.97. The van der Waals surface area contributed by atoms with Crippen LogP contribution in [0.5, 0.6) is 5.75 Å². The molecule has 0 aliphatic rings. The van der Waals surface area contributed by atoms with E-state index < -0.39 is 5.97 Å². The van der Waals surface area contributed by atoms with Gasteiger partial charge in [-0.2, -0.15) is 0 Å². The van der Waals surface area contributed by atoms with Crippen LogP contribution < -0.4 is 4.74 Å². The van der Waals surface area contributed by atoms with E-state index >= 15 is 0 Å². The Morgan fingerprint density at radius 2 is 1.61 bits per heavy atom. The molecule has 0 bridgehead atoms. The Balaban J connectivity index is 1.59. The first-order chi connectivity index (χ1) is 15.2. The fourth-order valence-corrected chi connectivity index (χ4v) is 3.41. The fraction of sp³-hybridized carbons (Fsp3) is 0.0769. The number of carbonyl (C=O) groups excluding carboxylic acids is 2. The van der Waals surface area contributed by atoms with Crippen LogP contribution in [0, 0.1) is 0 Å². The molecule has 1 N–H and O–H groups in total. The number of ether oxygens (including phenoxy) is 2. The second-order valence-corrected chi connectivity index (χ2v) is 6.91. The number of rotatable bonds is 7. The third kappa shape index (κ3) is 4.41. The molecule has 154 valence electrons. The third-order valence-electron chi connectivity index (χ3n) is 4.97. The summed E-state index contributed by atoms with van der Waals surface area (Å²) in [6, 6.07) is 24.1. The van der Waals surface area contributed by atoms with Gasteiger partial charge in [-0.25, -0.2) is 4.79 Å². The van der Waals surface area contributed by atoms with Crippen molar-refractivity contribution in [3.05, 3.63) is 102 Å². The molecule has 0 aliphatic heterocycles. The quantitative estimate of drug-likeness (QED) is 0.198. The summed E-state index contributed by atoms with van der Waals surface area (Å²) in [5, 5.41) is 0.802. The summed E-state index contributed by atoms with van der Waals surface area (Å²) >= 11 is 0. The molecule has 4 aromatic rings. The summed E-state index contributed by atoms with van der Waals surface area (Å²) < 4.78 is 10.8. The van der Waals surface area contributed by atoms with Crippen LogP contribution in [0.4, 0.5) is 0 Å². The van der Waals surface area contributed by atoms with Crippen molar-refractivity contribution in [3.8, 4) is 5.75 Å². The zero-order valence-electron chi connectivity index (χ0n) is 17.0. The van der Waals surface area contributed by atoms with Gasteiger partial charge in [0.2, 0.25) is 5.78 Å². The minimum absolute atomic E-state index is 0.268. The number of aromatic nitrogens is 1. The van der Waals surface area contributed by atoms with Crippen molar-refractivity contribution >= 4 is 34.3 Å². The van der Waals surface area contributed by atoms with E-state index in [2.05, 4.69) is 4.98 Å². The van der Waals surface area contributed by atoms with Crippen molar-refractivity contribution in [2.75, 3.05) is 13.7 Å². The lowest BCUT2D eigenvalue weighted by Crippen LogP contribution is -2.15. The molecule has 5 nitrogen and oxygen atoms in total. The van der Waals surface area contributed by atoms with Crippen LogP contribution in [-0.4, -0.2) is 30.5 Å². The largest absolute Gasteiger partial charge is 0.496 e. The predicted octanol–water partition coefficient (Wildman–Crippen LogP) is 5.14. The van der Waals surface area contributed by atoms with E-state index in [1.54, 1.807) is 19.4 Å². The number of H-pyrrole nitrogens is 1. The Bertz CT molecular complexity index is 1250. The lowest BCUT2D eigenvalue weighted by Gasteiger charge is -2.10. The first kappa shape index (κ1) is 20.2. The lowest BCUT2D eigenvalue weighted by molar-refractivity contribution is -0.135. The van der Waals surface area contributed by atoms with Gasteiger partial charge in [-0.15, -0.1) is 0 Å². The Hall–Kier alpha value is -4.12. The number of Topliss-reactive ketones (excluding diaryl/α,β-unsaturated/α-hetero) is 1. The number of aromatic amines is 1. The Kier molecular flexibility index (Phi) is 5.94. The monoisotopic (exact) mass is 411 g/mol. The van der Waals surface area contributed by atoms with E-state index in [1.165, 1.54) is 0 Å². The van der Waals surface area contributed by atoms with Gasteiger partial charge in [-0.05, 0) is 23.8 Å². The summed E-state index contributed by atoms with van der Waals surface area (Å²) in [7, 11) is 1.58. The first-order valence-corrected chi connectivity index (χ1v) is 9.84. The van der Waals surface area contributed by atoms with Gasteiger partial charge in [0, 0.05) is 28.2 Å². The molecule has 0 unspecified atom stereocenters. The molecule has 0 spiro atoms. The summed E-state index contributed by atoms with van der Waals surface area (Å²) in [4.78, 5) is 28.8. The molecule has 1 heterocycles. The zero-order chi connectivity index (χ0) is 21.6. The maximum absolute atomic E-state index is 13.0. The van der Waals surface area contributed by atoms with E-state index in [4.69, 9.17) is 9.47 Å². The SMILES string of the molecule is COc1ccccc1C=C(C(=O)OCC(=O)c1c[nH]c2ccccc12)c1ccccc1. The summed E-state index contributed by atoms with van der Waals surface area (Å²) in [5.74, 6) is -0.209. The zero-order valence-corrected chi connectivity index (χ0v) is 17.0. The molecule has 1 aromatic heterocycles. The second kappa shape index (κ2) is 9.13. The maximum Gasteiger partial charge on any atom is 0.339 e. The van der Waals surface area contributed by atoms with Gasteiger partial charge in [0.05, 0.1) is 12.7 Å². The first-order valence-electron chi connectivity index (χ1n) is 9.84. The Labute approximate surface area is 179 Å². The van der Waals surface area contributed by atoms with Gasteiger partial charge in [0.1, 0.15) is 5.75 Å². The van der Waals surface area contributed by atoms with E-state index in [-0.39, 0.29) is 12.4 Å². The molecule has 0 saturated carbocycles. The van der Waals surface area contributed by atoms with E-state index in [0.717, 1.165) is 16.5 Å². The average molecular weight is 411 g/mol. The minimum Gasteiger partial charge on any atom is -0.496 e. The molecular weight excluding hydrogens is 390 g/mol. The molecule has 3 aromatic carbocycles. The highest BCUT2D eigenvalue weighted by Crippen LogP contribution is 2.26.